The Morgan fingerprint density at radius 1 is 1.53 bits per heavy atom. The largest absolute Gasteiger partial charge is 0.395 e. The molecule has 0 aliphatic rings. The van der Waals surface area contributed by atoms with Crippen molar-refractivity contribution < 1.29 is 9.90 Å². The van der Waals surface area contributed by atoms with Crippen molar-refractivity contribution in [3.8, 4) is 0 Å². The number of carbonyl (C=O) groups excluding carboxylic acids is 1. The highest BCUT2D eigenvalue weighted by Crippen LogP contribution is 2.13. The summed E-state index contributed by atoms with van der Waals surface area (Å²) in [5.41, 5.74) is 1.69. The van der Waals surface area contributed by atoms with E-state index in [9.17, 15) is 4.79 Å². The smallest absolute Gasteiger partial charge is 0.257 e. The van der Waals surface area contributed by atoms with Crippen molar-refractivity contribution in [2.45, 2.75) is 6.92 Å². The van der Waals surface area contributed by atoms with Gasteiger partial charge in [-0.05, 0) is 59.4 Å². The highest BCUT2D eigenvalue weighted by atomic mass is 127. The lowest BCUT2D eigenvalue weighted by atomic mass is 10.1. The van der Waals surface area contributed by atoms with E-state index in [4.69, 9.17) is 17.3 Å². The van der Waals surface area contributed by atoms with Crippen molar-refractivity contribution in [1.29, 1.82) is 0 Å². The zero-order chi connectivity index (χ0) is 12.8. The van der Waals surface area contributed by atoms with E-state index in [0.29, 0.717) is 12.1 Å². The summed E-state index contributed by atoms with van der Waals surface area (Å²) < 4.78 is 1.03. The third-order valence-electron chi connectivity index (χ3n) is 2.06. The summed E-state index contributed by atoms with van der Waals surface area (Å²) in [6.45, 7) is 2.28. The van der Waals surface area contributed by atoms with Crippen molar-refractivity contribution >= 4 is 45.8 Å². The highest BCUT2D eigenvalue weighted by Gasteiger charge is 2.08. The summed E-state index contributed by atoms with van der Waals surface area (Å²) in [5.74, 6) is -0.252. The van der Waals surface area contributed by atoms with Crippen molar-refractivity contribution in [2.24, 2.45) is 0 Å². The molecule has 17 heavy (non-hydrogen) atoms. The summed E-state index contributed by atoms with van der Waals surface area (Å²) in [7, 11) is 0. The molecule has 0 bridgehead atoms. The van der Waals surface area contributed by atoms with Gasteiger partial charge in [0, 0.05) is 15.7 Å². The maximum atomic E-state index is 11.8. The minimum absolute atomic E-state index is 0.0293. The van der Waals surface area contributed by atoms with Gasteiger partial charge in [0.05, 0.1) is 6.61 Å². The van der Waals surface area contributed by atoms with Gasteiger partial charge in [0.2, 0.25) is 0 Å². The van der Waals surface area contributed by atoms with Gasteiger partial charge in [-0.1, -0.05) is 6.07 Å². The standard InChI is InChI=1S/C11H13IN2O2S/c1-7-2-3-8(6-9(7)12)10(16)14-11(17)13-4-5-15/h2-3,6,15H,4-5H2,1H3,(H2,13,14,16,17). The highest BCUT2D eigenvalue weighted by molar-refractivity contribution is 14.1. The second-order valence-electron chi connectivity index (χ2n) is 3.40. The van der Waals surface area contributed by atoms with Gasteiger partial charge in [-0.25, -0.2) is 0 Å². The van der Waals surface area contributed by atoms with Crippen molar-refractivity contribution in [1.82, 2.24) is 10.6 Å². The van der Waals surface area contributed by atoms with Crippen LogP contribution in [0.5, 0.6) is 0 Å². The van der Waals surface area contributed by atoms with Gasteiger partial charge in [-0.2, -0.15) is 0 Å². The van der Waals surface area contributed by atoms with Crippen molar-refractivity contribution in [3.63, 3.8) is 0 Å². The van der Waals surface area contributed by atoms with Crippen LogP contribution in [0.3, 0.4) is 0 Å². The van der Waals surface area contributed by atoms with E-state index < -0.39 is 0 Å². The van der Waals surface area contributed by atoms with Crippen LogP contribution >= 0.6 is 34.8 Å². The van der Waals surface area contributed by atoms with Gasteiger partial charge in [-0.15, -0.1) is 0 Å². The Hall–Kier alpha value is -0.730. The maximum Gasteiger partial charge on any atom is 0.257 e. The molecule has 0 saturated carbocycles. The Kier molecular flexibility index (Phi) is 5.79. The number of hydrogen-bond acceptors (Lipinski definition) is 3. The first-order valence-corrected chi connectivity index (χ1v) is 6.49. The molecule has 0 aromatic heterocycles. The van der Waals surface area contributed by atoms with Crippen LogP contribution in [0.25, 0.3) is 0 Å². The molecule has 4 nitrogen and oxygen atoms in total. The number of aryl methyl sites for hydroxylation is 1. The Balaban J connectivity index is 2.63. The lowest BCUT2D eigenvalue weighted by Gasteiger charge is -2.08. The summed E-state index contributed by atoms with van der Waals surface area (Å²) in [6, 6.07) is 5.45. The summed E-state index contributed by atoms with van der Waals surface area (Å²) in [6.07, 6.45) is 0. The van der Waals surface area contributed by atoms with Gasteiger partial charge < -0.3 is 10.4 Å². The molecule has 1 rings (SSSR count). The second kappa shape index (κ2) is 6.87. The Morgan fingerprint density at radius 3 is 2.82 bits per heavy atom. The van der Waals surface area contributed by atoms with Gasteiger partial charge in [0.1, 0.15) is 0 Å². The minimum atomic E-state index is -0.252. The minimum Gasteiger partial charge on any atom is -0.395 e. The van der Waals surface area contributed by atoms with Crippen LogP contribution in [-0.2, 0) is 0 Å². The van der Waals surface area contributed by atoms with Crippen LogP contribution in [-0.4, -0.2) is 29.3 Å². The SMILES string of the molecule is Cc1ccc(C(=O)NC(=S)NCCO)cc1I. The van der Waals surface area contributed by atoms with E-state index in [-0.39, 0.29) is 17.6 Å². The number of hydrogen-bond donors (Lipinski definition) is 3. The van der Waals surface area contributed by atoms with E-state index in [1.165, 1.54) is 0 Å². The van der Waals surface area contributed by atoms with Crippen LogP contribution < -0.4 is 10.6 Å². The molecule has 0 radical (unpaired) electrons. The summed E-state index contributed by atoms with van der Waals surface area (Å²) in [4.78, 5) is 11.8. The first kappa shape index (κ1) is 14.3. The zero-order valence-corrected chi connectivity index (χ0v) is 12.3. The Labute approximate surface area is 119 Å². The molecule has 1 amide bonds. The molecule has 0 fully saturated rings. The lowest BCUT2D eigenvalue weighted by molar-refractivity contribution is 0.0976. The molecule has 3 N–H and O–H groups in total. The maximum absolute atomic E-state index is 11.8. The molecule has 0 aliphatic heterocycles. The van der Waals surface area contributed by atoms with Gasteiger partial charge in [0.25, 0.3) is 5.91 Å². The molecular weight excluding hydrogens is 351 g/mol. The van der Waals surface area contributed by atoms with E-state index in [1.807, 2.05) is 13.0 Å². The number of nitrogens with one attached hydrogen (secondary N) is 2. The van der Waals surface area contributed by atoms with Crippen molar-refractivity contribution in [3.05, 3.63) is 32.9 Å². The fraction of sp³-hybridized carbons (Fsp3) is 0.273. The topological polar surface area (TPSA) is 61.4 Å². The fourth-order valence-electron chi connectivity index (χ4n) is 1.12. The predicted molar refractivity (Wildman–Crippen MR) is 79.0 cm³/mol. The molecule has 1 aromatic rings. The number of amides is 1. The number of aliphatic hydroxyl groups is 1. The third-order valence-corrected chi connectivity index (χ3v) is 3.47. The number of thiocarbonyl (C=S) groups is 1. The molecule has 6 heteroatoms. The van der Waals surface area contributed by atoms with E-state index >= 15 is 0 Å². The number of rotatable bonds is 3. The molecule has 0 spiro atoms. The van der Waals surface area contributed by atoms with E-state index in [1.54, 1.807) is 12.1 Å². The van der Waals surface area contributed by atoms with E-state index in [2.05, 4.69) is 33.2 Å². The molecular formula is C11H13IN2O2S. The first-order valence-electron chi connectivity index (χ1n) is 5.01. The monoisotopic (exact) mass is 364 g/mol. The van der Waals surface area contributed by atoms with Crippen LogP contribution in [0.15, 0.2) is 18.2 Å². The summed E-state index contributed by atoms with van der Waals surface area (Å²) >= 11 is 7.08. The first-order chi connectivity index (χ1) is 8.04. The normalized spacial score (nSPS) is 9.82. The molecule has 0 unspecified atom stereocenters. The molecule has 0 atom stereocenters. The number of aliphatic hydroxyl groups excluding tert-OH is 1. The zero-order valence-electron chi connectivity index (χ0n) is 9.29. The van der Waals surface area contributed by atoms with E-state index in [0.717, 1.165) is 9.13 Å². The average Bonchev–Trinajstić information content (AvgIpc) is 2.30. The molecule has 92 valence electrons. The number of benzene rings is 1. The molecule has 0 aliphatic carbocycles. The lowest BCUT2D eigenvalue weighted by Crippen LogP contribution is -2.40. The molecule has 0 heterocycles. The Morgan fingerprint density at radius 2 is 2.24 bits per heavy atom. The van der Waals surface area contributed by atoms with Crippen LogP contribution in [0.1, 0.15) is 15.9 Å². The van der Waals surface area contributed by atoms with Crippen molar-refractivity contribution in [2.75, 3.05) is 13.2 Å². The average molecular weight is 364 g/mol. The van der Waals surface area contributed by atoms with Gasteiger partial charge in [0.15, 0.2) is 5.11 Å². The quantitative estimate of drug-likeness (QED) is 0.557. The van der Waals surface area contributed by atoms with Crippen LogP contribution in [0, 0.1) is 10.5 Å². The third kappa shape index (κ3) is 4.57. The van der Waals surface area contributed by atoms with Gasteiger partial charge in [-0.3, -0.25) is 10.1 Å². The Bertz CT molecular complexity index is 437. The van der Waals surface area contributed by atoms with Crippen LogP contribution in [0.4, 0.5) is 0 Å². The number of carbonyl (C=O) groups is 1. The second-order valence-corrected chi connectivity index (χ2v) is 4.97. The predicted octanol–water partition coefficient (Wildman–Crippen LogP) is 1.20. The summed E-state index contributed by atoms with van der Waals surface area (Å²) in [5, 5.41) is 14.1. The van der Waals surface area contributed by atoms with Crippen LogP contribution in [0.2, 0.25) is 0 Å². The van der Waals surface area contributed by atoms with Gasteiger partial charge >= 0.3 is 0 Å². The molecule has 0 saturated heterocycles. The number of halogens is 1. The molecule has 1 aromatic carbocycles. The fourth-order valence-corrected chi connectivity index (χ4v) is 1.83.